The number of nitrogens with one attached hydrogen (secondary N) is 2. The number of anilines is 3. The van der Waals surface area contributed by atoms with Gasteiger partial charge >= 0.3 is 0 Å². The third-order valence-corrected chi connectivity index (χ3v) is 4.08. The van der Waals surface area contributed by atoms with Crippen LogP contribution in [-0.4, -0.2) is 27.7 Å². The third kappa shape index (κ3) is 4.17. The van der Waals surface area contributed by atoms with Crippen LogP contribution in [0, 0.1) is 5.82 Å². The van der Waals surface area contributed by atoms with Gasteiger partial charge in [-0.1, -0.05) is 15.9 Å². The molecule has 1 aromatic heterocycles. The van der Waals surface area contributed by atoms with E-state index in [2.05, 4.69) is 36.5 Å². The predicted octanol–water partition coefficient (Wildman–Crippen LogP) is 3.79. The van der Waals surface area contributed by atoms with E-state index in [1.54, 1.807) is 12.1 Å². The molecule has 2 aromatic rings. The van der Waals surface area contributed by atoms with Crippen LogP contribution in [-0.2, 0) is 0 Å². The Labute approximate surface area is 142 Å². The van der Waals surface area contributed by atoms with Crippen molar-refractivity contribution < 1.29 is 9.50 Å². The van der Waals surface area contributed by atoms with E-state index in [9.17, 15) is 4.39 Å². The topological polar surface area (TPSA) is 70.1 Å². The molecule has 1 saturated carbocycles. The van der Waals surface area contributed by atoms with Crippen LogP contribution in [0.2, 0.25) is 0 Å². The highest BCUT2D eigenvalue weighted by Gasteiger charge is 2.26. The first kappa shape index (κ1) is 16.1. The molecule has 1 fully saturated rings. The molecule has 0 spiro atoms. The van der Waals surface area contributed by atoms with Crippen molar-refractivity contribution in [3.8, 4) is 0 Å². The van der Waals surface area contributed by atoms with Crippen molar-refractivity contribution in [3.05, 3.63) is 40.2 Å². The summed E-state index contributed by atoms with van der Waals surface area (Å²) < 4.78 is 14.7. The number of rotatable bonds is 6. The van der Waals surface area contributed by atoms with Gasteiger partial charge in [0.1, 0.15) is 11.6 Å². The van der Waals surface area contributed by atoms with Gasteiger partial charge in [0, 0.05) is 22.5 Å². The van der Waals surface area contributed by atoms with Gasteiger partial charge in [0.2, 0.25) is 5.95 Å². The molecule has 1 aliphatic carbocycles. The van der Waals surface area contributed by atoms with E-state index >= 15 is 0 Å². The highest BCUT2D eigenvalue weighted by atomic mass is 79.9. The molecule has 0 aliphatic heterocycles. The normalized spacial score (nSPS) is 15.3. The molecule has 1 heterocycles. The van der Waals surface area contributed by atoms with Crippen molar-refractivity contribution in [1.29, 1.82) is 0 Å². The summed E-state index contributed by atoms with van der Waals surface area (Å²) in [6, 6.07) is 6.52. The highest BCUT2D eigenvalue weighted by Crippen LogP contribution is 2.40. The minimum atomic E-state index is -0.357. The van der Waals surface area contributed by atoms with Crippen LogP contribution < -0.4 is 10.6 Å². The van der Waals surface area contributed by atoms with E-state index in [-0.39, 0.29) is 18.5 Å². The van der Waals surface area contributed by atoms with Crippen LogP contribution in [0.15, 0.2) is 28.7 Å². The molecule has 0 unspecified atom stereocenters. The van der Waals surface area contributed by atoms with E-state index in [0.717, 1.165) is 18.5 Å². The van der Waals surface area contributed by atoms with E-state index in [0.29, 0.717) is 27.8 Å². The Bertz CT molecular complexity index is 708. The van der Waals surface area contributed by atoms with Crippen LogP contribution in [0.1, 0.15) is 31.4 Å². The van der Waals surface area contributed by atoms with Crippen LogP contribution in [0.25, 0.3) is 0 Å². The molecule has 0 bridgehead atoms. The first-order chi connectivity index (χ1) is 11.0. The van der Waals surface area contributed by atoms with Crippen LogP contribution in [0.5, 0.6) is 0 Å². The molecule has 7 heteroatoms. The zero-order valence-electron chi connectivity index (χ0n) is 12.7. The number of aliphatic hydroxyl groups is 1. The van der Waals surface area contributed by atoms with Crippen molar-refractivity contribution in [1.82, 2.24) is 9.97 Å². The molecule has 0 amide bonds. The lowest BCUT2D eigenvalue weighted by Crippen LogP contribution is -2.21. The number of halogens is 2. The van der Waals surface area contributed by atoms with Crippen LogP contribution in [0.4, 0.5) is 21.8 Å². The SMILES string of the molecule is C[C@@H](CO)Nc1nc(Nc2ccc(Br)cc2F)cc(C2CC2)n1. The van der Waals surface area contributed by atoms with Gasteiger partial charge in [-0.05, 0) is 38.0 Å². The fourth-order valence-corrected chi connectivity index (χ4v) is 2.51. The fraction of sp³-hybridized carbons (Fsp3) is 0.375. The Hall–Kier alpha value is -1.73. The second-order valence-corrected chi connectivity index (χ2v) is 6.67. The summed E-state index contributed by atoms with van der Waals surface area (Å²) in [7, 11) is 0. The summed E-state index contributed by atoms with van der Waals surface area (Å²) in [6.45, 7) is 1.83. The quantitative estimate of drug-likeness (QED) is 0.710. The smallest absolute Gasteiger partial charge is 0.225 e. The number of benzene rings is 1. The maximum Gasteiger partial charge on any atom is 0.225 e. The maximum absolute atomic E-state index is 14.0. The number of hydrogen-bond donors (Lipinski definition) is 3. The van der Waals surface area contributed by atoms with Crippen LogP contribution in [0.3, 0.4) is 0 Å². The second-order valence-electron chi connectivity index (χ2n) is 5.75. The Morgan fingerprint density at radius 1 is 1.35 bits per heavy atom. The molecule has 5 nitrogen and oxygen atoms in total. The van der Waals surface area contributed by atoms with Crippen molar-refractivity contribution in [2.45, 2.75) is 31.7 Å². The average molecular weight is 381 g/mol. The lowest BCUT2D eigenvalue weighted by atomic mass is 10.2. The zero-order chi connectivity index (χ0) is 16.4. The maximum atomic E-state index is 14.0. The lowest BCUT2D eigenvalue weighted by Gasteiger charge is -2.14. The largest absolute Gasteiger partial charge is 0.394 e. The molecule has 122 valence electrons. The monoisotopic (exact) mass is 380 g/mol. The molecule has 3 rings (SSSR count). The number of aromatic nitrogens is 2. The average Bonchev–Trinajstić information content (AvgIpc) is 3.34. The molecule has 1 atom stereocenters. The first-order valence-electron chi connectivity index (χ1n) is 7.53. The van der Waals surface area contributed by atoms with E-state index < -0.39 is 0 Å². The van der Waals surface area contributed by atoms with Gasteiger partial charge in [-0.3, -0.25) is 0 Å². The van der Waals surface area contributed by atoms with Gasteiger partial charge < -0.3 is 15.7 Å². The molecular weight excluding hydrogens is 363 g/mol. The lowest BCUT2D eigenvalue weighted by molar-refractivity contribution is 0.281. The highest BCUT2D eigenvalue weighted by molar-refractivity contribution is 9.10. The standard InChI is InChI=1S/C16H18BrFN4O/c1-9(8-23)19-16-21-14(10-2-3-10)7-15(22-16)20-13-5-4-11(17)6-12(13)18/h4-7,9-10,23H,2-3,8H2,1H3,(H2,19,20,21,22)/t9-/m0/s1. The van der Waals surface area contributed by atoms with Gasteiger partial charge in [0.05, 0.1) is 18.0 Å². The molecule has 1 aromatic carbocycles. The third-order valence-electron chi connectivity index (χ3n) is 3.58. The number of nitrogens with zero attached hydrogens (tertiary/aromatic N) is 2. The minimum Gasteiger partial charge on any atom is -0.394 e. The zero-order valence-corrected chi connectivity index (χ0v) is 14.3. The van der Waals surface area contributed by atoms with Crippen molar-refractivity contribution in [2.24, 2.45) is 0 Å². The Morgan fingerprint density at radius 2 is 2.13 bits per heavy atom. The Kier molecular flexibility index (Phi) is 4.77. The first-order valence-corrected chi connectivity index (χ1v) is 8.33. The molecule has 0 radical (unpaired) electrons. The summed E-state index contributed by atoms with van der Waals surface area (Å²) >= 11 is 3.24. The summed E-state index contributed by atoms with van der Waals surface area (Å²) in [5.74, 6) is 1.06. The van der Waals surface area contributed by atoms with Crippen molar-refractivity contribution in [2.75, 3.05) is 17.2 Å². The van der Waals surface area contributed by atoms with E-state index in [1.165, 1.54) is 6.07 Å². The van der Waals surface area contributed by atoms with Gasteiger partial charge in [-0.2, -0.15) is 4.98 Å². The summed E-state index contributed by atoms with van der Waals surface area (Å²) in [5, 5.41) is 15.2. The van der Waals surface area contributed by atoms with Gasteiger partial charge in [-0.15, -0.1) is 0 Å². The van der Waals surface area contributed by atoms with E-state index in [4.69, 9.17) is 5.11 Å². The summed E-state index contributed by atoms with van der Waals surface area (Å²) in [5.41, 5.74) is 1.29. The number of aliphatic hydroxyl groups excluding tert-OH is 1. The molecule has 0 saturated heterocycles. The Morgan fingerprint density at radius 3 is 2.78 bits per heavy atom. The molecule has 3 N–H and O–H groups in total. The van der Waals surface area contributed by atoms with Crippen molar-refractivity contribution in [3.63, 3.8) is 0 Å². The Balaban J connectivity index is 1.87. The molecule has 23 heavy (non-hydrogen) atoms. The fourth-order valence-electron chi connectivity index (χ4n) is 2.18. The summed E-state index contributed by atoms with van der Waals surface area (Å²) in [4.78, 5) is 8.85. The molecular formula is C16H18BrFN4O. The molecule has 1 aliphatic rings. The summed E-state index contributed by atoms with van der Waals surface area (Å²) in [6.07, 6.45) is 2.22. The van der Waals surface area contributed by atoms with Gasteiger partial charge in [-0.25, -0.2) is 9.37 Å². The van der Waals surface area contributed by atoms with Gasteiger partial charge in [0.25, 0.3) is 0 Å². The van der Waals surface area contributed by atoms with Crippen LogP contribution >= 0.6 is 15.9 Å². The van der Waals surface area contributed by atoms with Crippen molar-refractivity contribution >= 4 is 33.4 Å². The number of hydrogen-bond acceptors (Lipinski definition) is 5. The minimum absolute atomic E-state index is 0.0128. The second kappa shape index (κ2) is 6.80. The van der Waals surface area contributed by atoms with E-state index in [1.807, 2.05) is 13.0 Å². The van der Waals surface area contributed by atoms with Gasteiger partial charge in [0.15, 0.2) is 0 Å². The predicted molar refractivity (Wildman–Crippen MR) is 91.6 cm³/mol.